The fourth-order valence-electron chi connectivity index (χ4n) is 5.81. The van der Waals surface area contributed by atoms with Crippen molar-refractivity contribution in [3.8, 4) is 0 Å². The van der Waals surface area contributed by atoms with Crippen LogP contribution in [0.5, 0.6) is 0 Å². The zero-order valence-corrected chi connectivity index (χ0v) is 13.8. The van der Waals surface area contributed by atoms with Crippen LogP contribution in [0.15, 0.2) is 46.9 Å². The van der Waals surface area contributed by atoms with Gasteiger partial charge in [-0.15, -0.1) is 0 Å². The standard InChI is InChI=1S/C20H25N3/c1-13-5-18(17-3-2-4-21-17)23-19(13)12-22-20-9-14-6-15(10-20)8-16(7-14)11-20/h2-5,12,14-16,21-22H,6-11H2,1H3/b19-12+. The Balaban J connectivity index is 1.38. The lowest BCUT2D eigenvalue weighted by Gasteiger charge is -2.57. The van der Waals surface area contributed by atoms with Crippen molar-refractivity contribution >= 4 is 5.71 Å². The summed E-state index contributed by atoms with van der Waals surface area (Å²) in [6.45, 7) is 2.16. The summed E-state index contributed by atoms with van der Waals surface area (Å²) in [5.74, 6) is 2.93. The van der Waals surface area contributed by atoms with Gasteiger partial charge < -0.3 is 10.3 Å². The predicted molar refractivity (Wildman–Crippen MR) is 93.2 cm³/mol. The van der Waals surface area contributed by atoms with E-state index in [4.69, 9.17) is 4.99 Å². The Morgan fingerprint density at radius 2 is 1.87 bits per heavy atom. The zero-order valence-electron chi connectivity index (χ0n) is 13.8. The van der Waals surface area contributed by atoms with Crippen LogP contribution in [0.2, 0.25) is 0 Å². The molecule has 2 N–H and O–H groups in total. The molecular formula is C20H25N3. The molecule has 0 unspecified atom stereocenters. The molecule has 0 radical (unpaired) electrons. The van der Waals surface area contributed by atoms with Crippen molar-refractivity contribution in [3.05, 3.63) is 47.6 Å². The number of nitrogens with zero attached hydrogens (tertiary/aromatic N) is 1. The first-order chi connectivity index (χ1) is 11.2. The molecule has 3 heteroatoms. The van der Waals surface area contributed by atoms with Crippen LogP contribution in [-0.2, 0) is 0 Å². The van der Waals surface area contributed by atoms with Crippen molar-refractivity contribution in [2.24, 2.45) is 22.7 Å². The monoisotopic (exact) mass is 307 g/mol. The Labute approximate surface area is 138 Å². The van der Waals surface area contributed by atoms with Crippen LogP contribution in [0.4, 0.5) is 0 Å². The third-order valence-corrected chi connectivity index (χ3v) is 6.43. The maximum absolute atomic E-state index is 4.82. The Hall–Kier alpha value is -1.77. The van der Waals surface area contributed by atoms with Gasteiger partial charge in [0, 0.05) is 17.9 Å². The van der Waals surface area contributed by atoms with Crippen molar-refractivity contribution in [1.29, 1.82) is 0 Å². The van der Waals surface area contributed by atoms with Gasteiger partial charge in [0.25, 0.3) is 0 Å². The second-order valence-corrected chi connectivity index (χ2v) is 8.28. The minimum atomic E-state index is 0.368. The van der Waals surface area contributed by atoms with E-state index in [0.717, 1.165) is 34.9 Å². The molecule has 6 rings (SSSR count). The average molecular weight is 307 g/mol. The molecule has 0 amide bonds. The van der Waals surface area contributed by atoms with Gasteiger partial charge in [-0.25, -0.2) is 4.99 Å². The number of hydrogen-bond donors (Lipinski definition) is 2. The Kier molecular flexibility index (Phi) is 2.88. The summed E-state index contributed by atoms with van der Waals surface area (Å²) in [6, 6.07) is 4.11. The van der Waals surface area contributed by atoms with Crippen molar-refractivity contribution < 1.29 is 0 Å². The molecule has 4 fully saturated rings. The molecule has 0 spiro atoms. The van der Waals surface area contributed by atoms with Gasteiger partial charge in [0.2, 0.25) is 0 Å². The quantitative estimate of drug-likeness (QED) is 0.864. The molecule has 120 valence electrons. The number of hydrogen-bond acceptors (Lipinski definition) is 2. The minimum Gasteiger partial charge on any atom is -0.384 e. The van der Waals surface area contributed by atoms with Gasteiger partial charge in [-0.3, -0.25) is 0 Å². The molecule has 5 aliphatic rings. The normalized spacial score (nSPS) is 39.7. The highest BCUT2D eigenvalue weighted by Crippen LogP contribution is 2.55. The lowest BCUT2D eigenvalue weighted by atomic mass is 9.53. The second-order valence-electron chi connectivity index (χ2n) is 8.28. The molecule has 0 atom stereocenters. The van der Waals surface area contributed by atoms with E-state index in [0.29, 0.717) is 5.54 Å². The number of rotatable bonds is 3. The maximum Gasteiger partial charge on any atom is 0.0875 e. The number of aromatic amines is 1. The number of aromatic nitrogens is 1. The predicted octanol–water partition coefficient (Wildman–Crippen LogP) is 4.16. The second kappa shape index (κ2) is 4.86. The van der Waals surface area contributed by atoms with Crippen LogP contribution < -0.4 is 5.32 Å². The van der Waals surface area contributed by atoms with Crippen molar-refractivity contribution in [2.45, 2.75) is 51.0 Å². The summed E-state index contributed by atoms with van der Waals surface area (Å²) in [7, 11) is 0. The molecule has 1 aromatic heterocycles. The largest absolute Gasteiger partial charge is 0.384 e. The molecule has 4 aliphatic carbocycles. The van der Waals surface area contributed by atoms with E-state index >= 15 is 0 Å². The van der Waals surface area contributed by atoms with Crippen molar-refractivity contribution in [3.63, 3.8) is 0 Å². The number of H-pyrrole nitrogens is 1. The van der Waals surface area contributed by atoms with E-state index in [9.17, 15) is 0 Å². The molecule has 3 nitrogen and oxygen atoms in total. The van der Waals surface area contributed by atoms with Crippen LogP contribution in [-0.4, -0.2) is 16.2 Å². The molecule has 23 heavy (non-hydrogen) atoms. The molecule has 2 heterocycles. The highest BCUT2D eigenvalue weighted by molar-refractivity contribution is 6.10. The molecule has 1 aromatic rings. The van der Waals surface area contributed by atoms with Gasteiger partial charge in [-0.05, 0) is 87.0 Å². The number of aliphatic imine (C=N–C) groups is 1. The van der Waals surface area contributed by atoms with E-state index in [-0.39, 0.29) is 0 Å². The fourth-order valence-corrected chi connectivity index (χ4v) is 5.81. The Morgan fingerprint density at radius 3 is 2.48 bits per heavy atom. The van der Waals surface area contributed by atoms with Gasteiger partial charge in [0.15, 0.2) is 0 Å². The van der Waals surface area contributed by atoms with Gasteiger partial charge in [0.05, 0.1) is 17.1 Å². The van der Waals surface area contributed by atoms with Crippen LogP contribution in [0.1, 0.15) is 51.1 Å². The van der Waals surface area contributed by atoms with Gasteiger partial charge in [-0.2, -0.15) is 0 Å². The van der Waals surface area contributed by atoms with Gasteiger partial charge in [0.1, 0.15) is 0 Å². The third-order valence-electron chi connectivity index (χ3n) is 6.43. The van der Waals surface area contributed by atoms with Crippen LogP contribution in [0.3, 0.4) is 0 Å². The van der Waals surface area contributed by atoms with Gasteiger partial charge >= 0.3 is 0 Å². The van der Waals surface area contributed by atoms with E-state index in [1.165, 1.54) is 44.1 Å². The lowest BCUT2D eigenvalue weighted by Crippen LogP contribution is -2.57. The molecule has 0 saturated heterocycles. The maximum atomic E-state index is 4.82. The zero-order chi connectivity index (χ0) is 15.4. The molecular weight excluding hydrogens is 282 g/mol. The topological polar surface area (TPSA) is 40.2 Å². The molecule has 0 aromatic carbocycles. The molecule has 1 aliphatic heterocycles. The van der Waals surface area contributed by atoms with Crippen molar-refractivity contribution in [2.75, 3.05) is 0 Å². The first-order valence-electron chi connectivity index (χ1n) is 9.08. The smallest absolute Gasteiger partial charge is 0.0875 e. The summed E-state index contributed by atoms with van der Waals surface area (Å²) >= 11 is 0. The summed E-state index contributed by atoms with van der Waals surface area (Å²) in [5.41, 5.74) is 4.87. The Bertz CT molecular complexity index is 670. The first-order valence-corrected chi connectivity index (χ1v) is 9.08. The van der Waals surface area contributed by atoms with Crippen molar-refractivity contribution in [1.82, 2.24) is 10.3 Å². The van der Waals surface area contributed by atoms with E-state index < -0.39 is 0 Å². The first kappa shape index (κ1) is 13.6. The van der Waals surface area contributed by atoms with Crippen LogP contribution in [0, 0.1) is 17.8 Å². The summed E-state index contributed by atoms with van der Waals surface area (Å²) in [4.78, 5) is 8.07. The fraction of sp³-hybridized carbons (Fsp3) is 0.550. The SMILES string of the molecule is CC1=CC(c2ccc[nH]2)=N/C1=C/NC12CC3CC(CC(C3)C1)C2. The number of allylic oxidation sites excluding steroid dienone is 2. The van der Waals surface area contributed by atoms with E-state index in [2.05, 4.69) is 35.6 Å². The van der Waals surface area contributed by atoms with E-state index in [1.54, 1.807) is 0 Å². The third kappa shape index (κ3) is 2.29. The minimum absolute atomic E-state index is 0.368. The van der Waals surface area contributed by atoms with E-state index in [1.807, 2.05) is 12.3 Å². The van der Waals surface area contributed by atoms with Crippen LogP contribution >= 0.6 is 0 Å². The summed E-state index contributed by atoms with van der Waals surface area (Å²) < 4.78 is 0. The highest BCUT2D eigenvalue weighted by Gasteiger charge is 2.50. The lowest BCUT2D eigenvalue weighted by molar-refractivity contribution is -0.0130. The summed E-state index contributed by atoms with van der Waals surface area (Å²) in [5, 5.41) is 3.85. The van der Waals surface area contributed by atoms with Gasteiger partial charge in [-0.1, -0.05) is 0 Å². The average Bonchev–Trinajstić information content (AvgIpc) is 3.13. The molecule has 4 saturated carbocycles. The van der Waals surface area contributed by atoms with Crippen LogP contribution in [0.25, 0.3) is 0 Å². The Morgan fingerprint density at radius 1 is 1.17 bits per heavy atom. The molecule has 4 bridgehead atoms. The highest BCUT2D eigenvalue weighted by atomic mass is 15.0. The summed E-state index contributed by atoms with van der Waals surface area (Å²) in [6.07, 6.45) is 14.9. The number of nitrogens with one attached hydrogen (secondary N) is 2.